The lowest BCUT2D eigenvalue weighted by Gasteiger charge is -2.15. The van der Waals surface area contributed by atoms with E-state index in [4.69, 9.17) is 23.2 Å². The Kier molecular flexibility index (Phi) is 4.96. The zero-order valence-corrected chi connectivity index (χ0v) is 12.9. The summed E-state index contributed by atoms with van der Waals surface area (Å²) in [7, 11) is 0. The molecule has 0 fully saturated rings. The quantitative estimate of drug-likeness (QED) is 0.849. The molecule has 1 amide bonds. The van der Waals surface area contributed by atoms with E-state index >= 15 is 0 Å². The van der Waals surface area contributed by atoms with Crippen LogP contribution in [0.2, 0.25) is 10.0 Å². The van der Waals surface area contributed by atoms with E-state index in [-0.39, 0.29) is 10.0 Å². The van der Waals surface area contributed by atoms with Crippen LogP contribution in [-0.4, -0.2) is 15.7 Å². The van der Waals surface area contributed by atoms with Gasteiger partial charge in [-0.1, -0.05) is 23.2 Å². The van der Waals surface area contributed by atoms with Gasteiger partial charge in [0.1, 0.15) is 11.1 Å². The van der Waals surface area contributed by atoms with E-state index in [0.717, 1.165) is 16.9 Å². The minimum Gasteiger partial charge on any atom is -0.322 e. The topological polar surface area (TPSA) is 64.0 Å². The van der Waals surface area contributed by atoms with Gasteiger partial charge in [-0.3, -0.25) is 9.59 Å². The fourth-order valence-electron chi connectivity index (χ4n) is 1.67. The van der Waals surface area contributed by atoms with Crippen LogP contribution in [0.1, 0.15) is 13.0 Å². The van der Waals surface area contributed by atoms with Crippen LogP contribution < -0.4 is 10.9 Å². The Bertz CT molecular complexity index is 842. The van der Waals surface area contributed by atoms with E-state index < -0.39 is 40.6 Å². The Labute approximate surface area is 137 Å². The van der Waals surface area contributed by atoms with Crippen molar-refractivity contribution in [1.29, 1.82) is 0 Å². The molecule has 0 spiro atoms. The number of carbonyl (C=O) groups is 1. The highest BCUT2D eigenvalue weighted by atomic mass is 35.5. The largest absolute Gasteiger partial charge is 0.322 e. The lowest BCUT2D eigenvalue weighted by atomic mass is 10.2. The maximum atomic E-state index is 13.5. The number of amides is 1. The zero-order chi connectivity index (χ0) is 17.3. The zero-order valence-electron chi connectivity index (χ0n) is 11.4. The summed E-state index contributed by atoms with van der Waals surface area (Å²) in [5.41, 5.74) is -1.40. The van der Waals surface area contributed by atoms with Gasteiger partial charge in [-0.15, -0.1) is 0 Å². The van der Waals surface area contributed by atoms with Crippen LogP contribution in [0.15, 0.2) is 23.1 Å². The van der Waals surface area contributed by atoms with Crippen LogP contribution >= 0.6 is 23.2 Å². The number of carbonyl (C=O) groups excluding carboxylic acids is 1. The Morgan fingerprint density at radius 2 is 1.91 bits per heavy atom. The molecule has 1 aromatic carbocycles. The molecule has 1 N–H and O–H groups in total. The molecule has 1 unspecified atom stereocenters. The summed E-state index contributed by atoms with van der Waals surface area (Å²) in [4.78, 5) is 23.9. The predicted octanol–water partition coefficient (Wildman–Crippen LogP) is 3.17. The molecule has 0 aliphatic carbocycles. The van der Waals surface area contributed by atoms with Gasteiger partial charge in [-0.25, -0.2) is 17.9 Å². The molecule has 1 heterocycles. The van der Waals surface area contributed by atoms with Gasteiger partial charge in [0, 0.05) is 0 Å². The van der Waals surface area contributed by atoms with Crippen molar-refractivity contribution in [1.82, 2.24) is 9.78 Å². The van der Waals surface area contributed by atoms with Crippen molar-refractivity contribution < 1.29 is 18.0 Å². The number of hydrogen-bond acceptors (Lipinski definition) is 3. The molecule has 0 aliphatic rings. The normalized spacial score (nSPS) is 12.1. The van der Waals surface area contributed by atoms with Crippen LogP contribution in [0.4, 0.5) is 18.9 Å². The second kappa shape index (κ2) is 6.59. The lowest BCUT2D eigenvalue weighted by molar-refractivity contribution is -0.119. The number of benzene rings is 1. The molecule has 0 aliphatic heterocycles. The number of nitrogens with zero attached hydrogens (tertiary/aromatic N) is 2. The Hall–Kier alpha value is -2.06. The van der Waals surface area contributed by atoms with Crippen LogP contribution in [0.25, 0.3) is 0 Å². The summed E-state index contributed by atoms with van der Waals surface area (Å²) in [6.45, 7) is 1.28. The van der Waals surface area contributed by atoms with Gasteiger partial charge in [0.2, 0.25) is 5.91 Å². The molecule has 0 saturated carbocycles. The van der Waals surface area contributed by atoms with Gasteiger partial charge in [0.25, 0.3) is 5.56 Å². The third-order valence-electron chi connectivity index (χ3n) is 2.94. The first kappa shape index (κ1) is 17.3. The molecule has 0 saturated heterocycles. The van der Waals surface area contributed by atoms with Crippen molar-refractivity contribution in [2.75, 3.05) is 5.32 Å². The molecule has 0 radical (unpaired) electrons. The fraction of sp³-hybridized carbons (Fsp3) is 0.154. The third kappa shape index (κ3) is 3.32. The number of hydrogen-bond donors (Lipinski definition) is 1. The first-order valence-electron chi connectivity index (χ1n) is 6.11. The van der Waals surface area contributed by atoms with E-state index in [1.54, 1.807) is 0 Å². The van der Waals surface area contributed by atoms with Crippen molar-refractivity contribution >= 4 is 34.8 Å². The maximum Gasteiger partial charge on any atom is 0.287 e. The average Bonchev–Trinajstić information content (AvgIpc) is 2.52. The smallest absolute Gasteiger partial charge is 0.287 e. The van der Waals surface area contributed by atoms with Gasteiger partial charge >= 0.3 is 0 Å². The molecule has 0 bridgehead atoms. The summed E-state index contributed by atoms with van der Waals surface area (Å²) < 4.78 is 40.2. The van der Waals surface area contributed by atoms with Crippen molar-refractivity contribution in [3.63, 3.8) is 0 Å². The highest BCUT2D eigenvalue weighted by Gasteiger charge is 2.22. The minimum atomic E-state index is -1.72. The van der Waals surface area contributed by atoms with Crippen molar-refractivity contribution in [3.8, 4) is 0 Å². The summed E-state index contributed by atoms with van der Waals surface area (Å²) in [5.74, 6) is -5.56. The molecule has 23 heavy (non-hydrogen) atoms. The lowest BCUT2D eigenvalue weighted by Crippen LogP contribution is -2.33. The third-order valence-corrected chi connectivity index (χ3v) is 3.69. The average molecular weight is 366 g/mol. The second-order valence-corrected chi connectivity index (χ2v) is 5.23. The van der Waals surface area contributed by atoms with Crippen LogP contribution in [-0.2, 0) is 4.79 Å². The number of halogens is 5. The van der Waals surface area contributed by atoms with E-state index in [2.05, 4.69) is 5.10 Å². The molecule has 5 nitrogen and oxygen atoms in total. The Morgan fingerprint density at radius 3 is 2.57 bits per heavy atom. The monoisotopic (exact) mass is 365 g/mol. The first-order chi connectivity index (χ1) is 10.7. The van der Waals surface area contributed by atoms with E-state index in [9.17, 15) is 22.8 Å². The Balaban J connectivity index is 2.30. The van der Waals surface area contributed by atoms with E-state index in [1.807, 2.05) is 5.32 Å². The van der Waals surface area contributed by atoms with Crippen LogP contribution in [0, 0.1) is 17.5 Å². The summed E-state index contributed by atoms with van der Waals surface area (Å²) >= 11 is 11.3. The van der Waals surface area contributed by atoms with Crippen molar-refractivity contribution in [2.45, 2.75) is 13.0 Å². The molecule has 122 valence electrons. The molecule has 1 aromatic heterocycles. The summed E-state index contributed by atoms with van der Waals surface area (Å²) in [6.07, 6.45) is 1.06. The van der Waals surface area contributed by atoms with E-state index in [0.29, 0.717) is 6.07 Å². The minimum absolute atomic E-state index is 0.0906. The second-order valence-electron chi connectivity index (χ2n) is 4.44. The van der Waals surface area contributed by atoms with Gasteiger partial charge in [-0.2, -0.15) is 5.10 Å². The number of nitrogens with one attached hydrogen (secondary N) is 1. The van der Waals surface area contributed by atoms with Gasteiger partial charge in [0.05, 0.1) is 16.9 Å². The standard InChI is InChI=1S/C13H8Cl2F3N3O2/c1-5(21-13(23)9(15)6(14)4-19-21)12(22)20-8-3-2-7(16)10(17)11(8)18/h2-5H,1H3,(H,20,22). The van der Waals surface area contributed by atoms with Crippen molar-refractivity contribution in [3.05, 3.63) is 56.2 Å². The number of rotatable bonds is 3. The highest BCUT2D eigenvalue weighted by molar-refractivity contribution is 6.41. The number of anilines is 1. The van der Waals surface area contributed by atoms with Gasteiger partial charge in [0.15, 0.2) is 17.5 Å². The highest BCUT2D eigenvalue weighted by Crippen LogP contribution is 2.21. The maximum absolute atomic E-state index is 13.5. The van der Waals surface area contributed by atoms with Gasteiger partial charge < -0.3 is 5.32 Å². The summed E-state index contributed by atoms with van der Waals surface area (Å²) in [6, 6.07) is 0.302. The van der Waals surface area contributed by atoms with Crippen LogP contribution in [0.5, 0.6) is 0 Å². The van der Waals surface area contributed by atoms with Crippen LogP contribution in [0.3, 0.4) is 0 Å². The first-order valence-corrected chi connectivity index (χ1v) is 6.86. The predicted molar refractivity (Wildman–Crippen MR) is 78.2 cm³/mol. The molecule has 2 aromatic rings. The SMILES string of the molecule is CC(C(=O)Nc1ccc(F)c(F)c1F)n1ncc(Cl)c(Cl)c1=O. The Morgan fingerprint density at radius 1 is 1.26 bits per heavy atom. The van der Waals surface area contributed by atoms with E-state index in [1.165, 1.54) is 6.92 Å². The van der Waals surface area contributed by atoms with Gasteiger partial charge in [-0.05, 0) is 19.1 Å². The molecule has 1 atom stereocenters. The molecule has 10 heteroatoms. The molecular weight excluding hydrogens is 358 g/mol. The molecule has 2 rings (SSSR count). The fourth-order valence-corrected chi connectivity index (χ4v) is 1.93. The van der Waals surface area contributed by atoms with Crippen molar-refractivity contribution in [2.24, 2.45) is 0 Å². The number of aromatic nitrogens is 2. The summed E-state index contributed by atoms with van der Waals surface area (Å²) in [5, 5.41) is 5.27. The molecular formula is C13H8Cl2F3N3O2.